The summed E-state index contributed by atoms with van der Waals surface area (Å²) >= 11 is 0. The number of rotatable bonds is 4. The van der Waals surface area contributed by atoms with Crippen molar-refractivity contribution in [2.45, 2.75) is 32.3 Å². The molecule has 0 unspecified atom stereocenters. The van der Waals surface area contributed by atoms with Crippen molar-refractivity contribution in [3.63, 3.8) is 0 Å². The Morgan fingerprint density at radius 1 is 1.22 bits per heavy atom. The largest absolute Gasteiger partial charge is 0.392 e. The molecule has 1 rings (SSSR count). The minimum Gasteiger partial charge on any atom is -0.392 e. The van der Waals surface area contributed by atoms with Crippen LogP contribution in [0.15, 0.2) is 29.2 Å². The highest BCUT2D eigenvalue weighted by Crippen LogP contribution is 2.23. The molecule has 1 aromatic carbocycles. The van der Waals surface area contributed by atoms with Gasteiger partial charge >= 0.3 is 0 Å². The molecule has 4 nitrogen and oxygen atoms in total. The predicted octanol–water partition coefficient (Wildman–Crippen LogP) is 1.85. The highest BCUT2D eigenvalue weighted by atomic mass is 32.2. The molecular formula is C13H21NO3S. The van der Waals surface area contributed by atoms with Crippen molar-refractivity contribution in [3.8, 4) is 0 Å². The normalized spacial score (nSPS) is 13.0. The van der Waals surface area contributed by atoms with Gasteiger partial charge in [0.1, 0.15) is 0 Å². The Labute approximate surface area is 109 Å². The number of benzene rings is 1. The molecule has 0 radical (unpaired) electrons. The van der Waals surface area contributed by atoms with Gasteiger partial charge in [0.25, 0.3) is 0 Å². The summed E-state index contributed by atoms with van der Waals surface area (Å²) in [6.45, 7) is 6.10. The number of sulfonamides is 1. The molecule has 0 aliphatic carbocycles. The van der Waals surface area contributed by atoms with Crippen LogP contribution in [0.3, 0.4) is 0 Å². The van der Waals surface area contributed by atoms with Crippen molar-refractivity contribution in [2.24, 2.45) is 5.41 Å². The fraction of sp³-hybridized carbons (Fsp3) is 0.538. The molecule has 0 aliphatic rings. The molecular weight excluding hydrogens is 250 g/mol. The first-order valence-electron chi connectivity index (χ1n) is 5.83. The third-order valence-corrected chi connectivity index (χ3v) is 4.43. The highest BCUT2D eigenvalue weighted by molar-refractivity contribution is 7.89. The molecule has 0 amide bonds. The maximum absolute atomic E-state index is 12.4. The lowest BCUT2D eigenvalue weighted by Crippen LogP contribution is -2.35. The first-order valence-corrected chi connectivity index (χ1v) is 7.27. The van der Waals surface area contributed by atoms with Gasteiger partial charge in [0.2, 0.25) is 10.0 Å². The van der Waals surface area contributed by atoms with Crippen LogP contribution in [0.25, 0.3) is 0 Å². The van der Waals surface area contributed by atoms with E-state index in [1.807, 2.05) is 20.8 Å². The lowest BCUT2D eigenvalue weighted by atomic mass is 9.97. The van der Waals surface area contributed by atoms with E-state index < -0.39 is 10.0 Å². The quantitative estimate of drug-likeness (QED) is 0.909. The Morgan fingerprint density at radius 2 is 1.78 bits per heavy atom. The van der Waals surface area contributed by atoms with Crippen molar-refractivity contribution in [1.29, 1.82) is 0 Å². The van der Waals surface area contributed by atoms with Crippen LogP contribution in [0.2, 0.25) is 0 Å². The molecule has 0 fully saturated rings. The van der Waals surface area contributed by atoms with Gasteiger partial charge in [-0.3, -0.25) is 0 Å². The molecule has 102 valence electrons. The molecule has 0 aromatic heterocycles. The van der Waals surface area contributed by atoms with Crippen molar-refractivity contribution in [3.05, 3.63) is 29.8 Å². The molecule has 5 heteroatoms. The van der Waals surface area contributed by atoms with E-state index in [9.17, 15) is 13.5 Å². The molecule has 18 heavy (non-hydrogen) atoms. The smallest absolute Gasteiger partial charge is 0.243 e. The van der Waals surface area contributed by atoms with Gasteiger partial charge in [-0.1, -0.05) is 39.0 Å². The van der Waals surface area contributed by atoms with Gasteiger partial charge < -0.3 is 5.11 Å². The fourth-order valence-corrected chi connectivity index (χ4v) is 3.41. The Balaban J connectivity index is 3.14. The summed E-state index contributed by atoms with van der Waals surface area (Å²) in [5.41, 5.74) is 0.314. The molecule has 0 heterocycles. The topological polar surface area (TPSA) is 57.6 Å². The summed E-state index contributed by atoms with van der Waals surface area (Å²) in [6.07, 6.45) is 0. The number of hydrogen-bond acceptors (Lipinski definition) is 3. The average Bonchev–Trinajstić information content (AvgIpc) is 2.26. The first kappa shape index (κ1) is 15.1. The van der Waals surface area contributed by atoms with Crippen LogP contribution in [-0.4, -0.2) is 31.4 Å². The molecule has 0 saturated carbocycles. The van der Waals surface area contributed by atoms with Crippen LogP contribution in [-0.2, 0) is 16.6 Å². The van der Waals surface area contributed by atoms with Crippen molar-refractivity contribution in [1.82, 2.24) is 4.31 Å². The Morgan fingerprint density at radius 3 is 2.28 bits per heavy atom. The van der Waals surface area contributed by atoms with Crippen LogP contribution in [0.5, 0.6) is 0 Å². The van der Waals surface area contributed by atoms with E-state index in [1.54, 1.807) is 25.2 Å². The van der Waals surface area contributed by atoms with E-state index >= 15 is 0 Å². The van der Waals surface area contributed by atoms with E-state index in [0.717, 1.165) is 0 Å². The summed E-state index contributed by atoms with van der Waals surface area (Å²) in [5, 5.41) is 9.21. The minimum absolute atomic E-state index is 0.115. The number of aliphatic hydroxyl groups is 1. The highest BCUT2D eigenvalue weighted by Gasteiger charge is 2.26. The van der Waals surface area contributed by atoms with Gasteiger partial charge in [0.15, 0.2) is 0 Å². The maximum atomic E-state index is 12.4. The minimum atomic E-state index is -3.54. The van der Waals surface area contributed by atoms with Gasteiger partial charge in [-0.15, -0.1) is 0 Å². The maximum Gasteiger partial charge on any atom is 0.243 e. The third kappa shape index (κ3) is 3.54. The predicted molar refractivity (Wildman–Crippen MR) is 71.6 cm³/mol. The van der Waals surface area contributed by atoms with E-state index in [4.69, 9.17) is 0 Å². The zero-order chi connectivity index (χ0) is 14.0. The van der Waals surface area contributed by atoms with E-state index in [-0.39, 0.29) is 16.9 Å². The Hall–Kier alpha value is -0.910. The van der Waals surface area contributed by atoms with Crippen LogP contribution in [0.4, 0.5) is 0 Å². The zero-order valence-corrected chi connectivity index (χ0v) is 12.2. The molecule has 0 bridgehead atoms. The average molecular weight is 271 g/mol. The summed E-state index contributed by atoms with van der Waals surface area (Å²) < 4.78 is 26.1. The molecule has 0 atom stereocenters. The van der Waals surface area contributed by atoms with Crippen molar-refractivity contribution >= 4 is 10.0 Å². The summed E-state index contributed by atoms with van der Waals surface area (Å²) in [6, 6.07) is 6.53. The monoisotopic (exact) mass is 271 g/mol. The zero-order valence-electron chi connectivity index (χ0n) is 11.3. The second kappa shape index (κ2) is 5.38. The number of hydrogen-bond donors (Lipinski definition) is 1. The van der Waals surface area contributed by atoms with Crippen LogP contribution in [0.1, 0.15) is 26.3 Å². The van der Waals surface area contributed by atoms with Gasteiger partial charge in [0, 0.05) is 13.6 Å². The SMILES string of the molecule is CN(CC(C)(C)C)S(=O)(=O)c1ccccc1CO. The van der Waals surface area contributed by atoms with Gasteiger partial charge in [-0.05, 0) is 17.0 Å². The first-order chi connectivity index (χ1) is 8.18. The van der Waals surface area contributed by atoms with Gasteiger partial charge in [-0.2, -0.15) is 0 Å². The fourth-order valence-electron chi connectivity index (χ4n) is 1.81. The molecule has 0 aliphatic heterocycles. The summed E-state index contributed by atoms with van der Waals surface area (Å²) in [5.74, 6) is 0. The lowest BCUT2D eigenvalue weighted by Gasteiger charge is -2.26. The van der Waals surface area contributed by atoms with Crippen molar-refractivity contribution < 1.29 is 13.5 Å². The van der Waals surface area contributed by atoms with E-state index in [2.05, 4.69) is 0 Å². The number of aliphatic hydroxyl groups excluding tert-OH is 1. The Kier molecular flexibility index (Phi) is 4.53. The molecule has 0 saturated heterocycles. The van der Waals surface area contributed by atoms with E-state index in [0.29, 0.717) is 12.1 Å². The van der Waals surface area contributed by atoms with Crippen LogP contribution < -0.4 is 0 Å². The second-order valence-electron chi connectivity index (χ2n) is 5.59. The van der Waals surface area contributed by atoms with Gasteiger partial charge in [-0.25, -0.2) is 12.7 Å². The molecule has 1 aromatic rings. The van der Waals surface area contributed by atoms with Crippen molar-refractivity contribution in [2.75, 3.05) is 13.6 Å². The third-order valence-electron chi connectivity index (χ3n) is 2.53. The summed E-state index contributed by atoms with van der Waals surface area (Å²) in [4.78, 5) is 0.180. The molecule has 1 N–H and O–H groups in total. The second-order valence-corrected chi connectivity index (χ2v) is 7.60. The van der Waals surface area contributed by atoms with Gasteiger partial charge in [0.05, 0.1) is 11.5 Å². The Bertz CT molecular complexity index is 503. The van der Waals surface area contributed by atoms with Crippen LogP contribution in [0, 0.1) is 5.41 Å². The summed E-state index contributed by atoms with van der Waals surface area (Å²) in [7, 11) is -1.98. The molecule has 0 spiro atoms. The number of nitrogens with zero attached hydrogens (tertiary/aromatic N) is 1. The van der Waals surface area contributed by atoms with E-state index in [1.165, 1.54) is 10.4 Å². The lowest BCUT2D eigenvalue weighted by molar-refractivity contribution is 0.277. The van der Waals surface area contributed by atoms with Crippen LogP contribution >= 0.6 is 0 Å². The standard InChI is InChI=1S/C13H21NO3S/c1-13(2,3)10-14(4)18(16,17)12-8-6-5-7-11(12)9-15/h5-8,15H,9-10H2,1-4H3.